The summed E-state index contributed by atoms with van der Waals surface area (Å²) in [5, 5.41) is 0.380. The minimum absolute atomic E-state index is 0.0504. The monoisotopic (exact) mass is 1300 g/mol. The van der Waals surface area contributed by atoms with Gasteiger partial charge in [0.1, 0.15) is 34.9 Å². The fourth-order valence-corrected chi connectivity index (χ4v) is 9.23. The van der Waals surface area contributed by atoms with Gasteiger partial charge in [-0.2, -0.15) is 0 Å². The Morgan fingerprint density at radius 1 is 0.353 bits per heavy atom. The Morgan fingerprint density at radius 3 is 1.25 bits per heavy atom. The van der Waals surface area contributed by atoms with Crippen LogP contribution in [0.3, 0.4) is 0 Å². The Balaban J connectivity index is 0.000000143. The predicted molar refractivity (Wildman–Crippen MR) is 311 cm³/mol. The van der Waals surface area contributed by atoms with Crippen molar-refractivity contribution in [1.29, 1.82) is 0 Å². The molecule has 0 aliphatic heterocycles. The van der Waals surface area contributed by atoms with E-state index in [1.54, 1.807) is 48.5 Å². The van der Waals surface area contributed by atoms with Gasteiger partial charge in [0, 0.05) is 48.4 Å². The molecule has 0 bridgehead atoms. The Labute approximate surface area is 508 Å². The maximum atomic E-state index is 13.6. The van der Waals surface area contributed by atoms with E-state index in [0.29, 0.717) is 54.1 Å². The molecule has 12 aromatic rings. The third-order valence-corrected chi connectivity index (χ3v) is 13.9. The van der Waals surface area contributed by atoms with Gasteiger partial charge < -0.3 is 4.98 Å². The van der Waals surface area contributed by atoms with Crippen LogP contribution in [0.15, 0.2) is 164 Å². The van der Waals surface area contributed by atoms with Crippen molar-refractivity contribution < 1.29 is 53.9 Å². The number of imidazole rings is 3. The van der Waals surface area contributed by atoms with Crippen LogP contribution in [0, 0.1) is 52.4 Å². The minimum Gasteiger partial charge on any atom is -0.338 e. The average molecular weight is 1300 g/mol. The van der Waals surface area contributed by atoms with Crippen LogP contribution in [0.4, 0.5) is 39.5 Å². The molecule has 25 heteroatoms. The molecule has 0 saturated heterocycles. The molecule has 0 radical (unpaired) electrons. The molecule has 3 aromatic heterocycles. The molecule has 85 heavy (non-hydrogen) atoms. The van der Waals surface area contributed by atoms with Gasteiger partial charge in [0.15, 0.2) is 34.9 Å². The van der Waals surface area contributed by atoms with E-state index < -0.39 is 69.4 Å². The fraction of sp³-hybridized carbons (Fsp3) is 0. The molecule has 12 rings (SSSR count). The summed E-state index contributed by atoms with van der Waals surface area (Å²) in [6.07, 6.45) is 0. The number of fused-ring (bicyclic) bond motifs is 3. The quantitative estimate of drug-likeness (QED) is 0.131. The third kappa shape index (κ3) is 13.8. The first-order valence-electron chi connectivity index (χ1n) is 24.0. The normalized spacial score (nSPS) is 11.0. The van der Waals surface area contributed by atoms with Crippen LogP contribution < -0.4 is 0 Å². The summed E-state index contributed by atoms with van der Waals surface area (Å²) in [5.74, 6) is -8.53. The average Bonchev–Trinajstić information content (AvgIpc) is 2.28. The summed E-state index contributed by atoms with van der Waals surface area (Å²) in [5.41, 5.74) is 4.48. The Kier molecular flexibility index (Phi) is 18.7. The number of aromatic amines is 1. The SMILES string of the molecule is Fc1ccc(-c2nc3ccc(Cl)cc3[nH]2)cc1Cl.O=C(Cl)c1ccc(F)c(F)c1.O=C(c1ccc(F)c(F)c1)n1c(-c2ccc(F)c(Cl)c2)nc2cc(Cl)ccc21.O=C(c1ccc(F)c(F)c1)n1c(-c2ccc(F)c(Cl)c2)nc2ccc(Cl)cc21. The van der Waals surface area contributed by atoms with Crippen molar-refractivity contribution in [3.05, 3.63) is 263 Å². The molecule has 9 nitrogen and oxygen atoms in total. The highest BCUT2D eigenvalue weighted by atomic mass is 35.5. The maximum Gasteiger partial charge on any atom is 0.264 e. The predicted octanol–water partition coefficient (Wildman–Crippen LogP) is 19.3. The van der Waals surface area contributed by atoms with Gasteiger partial charge in [-0.15, -0.1) is 0 Å². The topological polar surface area (TPSA) is 116 Å². The number of rotatable bonds is 6. The van der Waals surface area contributed by atoms with E-state index in [-0.39, 0.29) is 43.4 Å². The van der Waals surface area contributed by atoms with E-state index in [2.05, 4.69) is 19.9 Å². The highest BCUT2D eigenvalue weighted by molar-refractivity contribution is 6.67. The van der Waals surface area contributed by atoms with Gasteiger partial charge in [0.05, 0.1) is 48.2 Å². The van der Waals surface area contributed by atoms with Gasteiger partial charge >= 0.3 is 0 Å². The van der Waals surface area contributed by atoms with Crippen molar-refractivity contribution in [2.24, 2.45) is 0 Å². The van der Waals surface area contributed by atoms with Gasteiger partial charge in [-0.05, 0) is 175 Å². The molecule has 9 aromatic carbocycles. The molecule has 0 atom stereocenters. The number of nitrogens with one attached hydrogen (secondary N) is 1. The van der Waals surface area contributed by atoms with Gasteiger partial charge in [0.25, 0.3) is 17.1 Å². The van der Waals surface area contributed by atoms with Crippen molar-refractivity contribution in [2.45, 2.75) is 0 Å². The Bertz CT molecular complexity index is 4590. The lowest BCUT2D eigenvalue weighted by atomic mass is 10.1. The number of carbonyl (C=O) groups is 3. The van der Waals surface area contributed by atoms with Gasteiger partial charge in [-0.3, -0.25) is 23.5 Å². The first kappa shape index (κ1) is 61.4. The van der Waals surface area contributed by atoms with Gasteiger partial charge in [-0.25, -0.2) is 54.5 Å². The molecule has 0 aliphatic rings. The van der Waals surface area contributed by atoms with Gasteiger partial charge in [0.2, 0.25) is 0 Å². The second-order valence-corrected chi connectivity index (χ2v) is 20.6. The second-order valence-electron chi connectivity index (χ2n) is 17.7. The summed E-state index contributed by atoms with van der Waals surface area (Å²) in [7, 11) is 0. The summed E-state index contributed by atoms with van der Waals surface area (Å²) in [6, 6.07) is 35.5. The first-order chi connectivity index (χ1) is 40.4. The number of carbonyl (C=O) groups excluding carboxylic acids is 3. The second kappa shape index (κ2) is 26.0. The zero-order valence-electron chi connectivity index (χ0n) is 42.1. The molecule has 0 aliphatic carbocycles. The van der Waals surface area contributed by atoms with Crippen LogP contribution in [0.2, 0.25) is 30.1 Å². The number of benzene rings is 9. The number of H-pyrrole nitrogens is 1. The highest BCUT2D eigenvalue weighted by Crippen LogP contribution is 2.33. The van der Waals surface area contributed by atoms with E-state index in [9.17, 15) is 53.9 Å². The van der Waals surface area contributed by atoms with Crippen molar-refractivity contribution >= 4 is 131 Å². The zero-order valence-corrected chi connectivity index (χ0v) is 47.4. The molecular weight excluding hydrogens is 1270 g/mol. The minimum atomic E-state index is -1.15. The van der Waals surface area contributed by atoms with Crippen LogP contribution in [0.5, 0.6) is 0 Å². The lowest BCUT2D eigenvalue weighted by molar-refractivity contribution is 0.0957. The van der Waals surface area contributed by atoms with E-state index in [4.69, 9.17) is 81.2 Å². The summed E-state index contributed by atoms with van der Waals surface area (Å²) in [4.78, 5) is 53.0. The molecular formula is C60H28Cl7F9N6O3. The molecule has 0 fully saturated rings. The van der Waals surface area contributed by atoms with Crippen molar-refractivity contribution in [3.63, 3.8) is 0 Å². The summed E-state index contributed by atoms with van der Waals surface area (Å²) in [6.45, 7) is 0. The zero-order chi connectivity index (χ0) is 61.1. The third-order valence-electron chi connectivity index (χ3n) is 12.1. The Hall–Kier alpha value is -8.20. The van der Waals surface area contributed by atoms with Crippen LogP contribution in [-0.2, 0) is 0 Å². The van der Waals surface area contributed by atoms with Crippen molar-refractivity contribution in [3.8, 4) is 34.2 Å². The van der Waals surface area contributed by atoms with Crippen LogP contribution >= 0.6 is 81.2 Å². The van der Waals surface area contributed by atoms with E-state index in [0.717, 1.165) is 71.2 Å². The standard InChI is InChI=1S/2C20H9Cl2F3N2O.C13H7Cl2FN2.C7H3ClF2O/c21-12-3-6-18-17(9-12)26-19(10-1-4-14(23)13(22)7-10)27(18)20(28)11-2-5-15(24)16(25)8-11;21-12-3-6-17-18(9-12)27(20(28)11-2-5-15(24)16(25)8-11)19(26-17)10-1-4-14(23)13(22)7-10;14-8-2-4-11-12(6-8)18-13(17-11)7-1-3-10(16)9(15)5-7;8-7(11)4-1-2-5(9)6(10)3-4/h2*1-9H;1-6H,(H,17,18);1-3H. The molecule has 0 saturated carbocycles. The summed E-state index contributed by atoms with van der Waals surface area (Å²) >= 11 is 40.4. The molecule has 0 spiro atoms. The molecule has 0 amide bonds. The lowest BCUT2D eigenvalue weighted by Crippen LogP contribution is -2.14. The van der Waals surface area contributed by atoms with Crippen molar-refractivity contribution in [2.75, 3.05) is 0 Å². The lowest BCUT2D eigenvalue weighted by Gasteiger charge is -2.09. The fourth-order valence-electron chi connectivity index (χ4n) is 8.07. The number of hydrogen-bond acceptors (Lipinski definition) is 6. The molecule has 3 heterocycles. The van der Waals surface area contributed by atoms with Gasteiger partial charge in [-0.1, -0.05) is 69.6 Å². The molecule has 1 N–H and O–H groups in total. The van der Waals surface area contributed by atoms with Crippen LogP contribution in [0.1, 0.15) is 31.1 Å². The number of aromatic nitrogens is 6. The van der Waals surface area contributed by atoms with Crippen molar-refractivity contribution in [1.82, 2.24) is 29.1 Å². The first-order valence-corrected chi connectivity index (χ1v) is 26.6. The molecule has 0 unspecified atom stereocenters. The Morgan fingerprint density at radius 2 is 0.753 bits per heavy atom. The maximum absolute atomic E-state index is 13.6. The van der Waals surface area contributed by atoms with E-state index in [1.807, 2.05) is 6.07 Å². The number of nitrogens with zero attached hydrogens (tertiary/aromatic N) is 5. The smallest absolute Gasteiger partial charge is 0.264 e. The molecule has 428 valence electrons. The summed E-state index contributed by atoms with van der Waals surface area (Å²) < 4.78 is 121. The highest BCUT2D eigenvalue weighted by Gasteiger charge is 2.24. The van der Waals surface area contributed by atoms with Crippen LogP contribution in [-0.4, -0.2) is 46.1 Å². The van der Waals surface area contributed by atoms with E-state index >= 15 is 0 Å². The number of hydrogen-bond donors (Lipinski definition) is 1. The largest absolute Gasteiger partial charge is 0.338 e. The van der Waals surface area contributed by atoms with E-state index in [1.165, 1.54) is 63.7 Å². The number of halogens is 16. The van der Waals surface area contributed by atoms with Crippen LogP contribution in [0.25, 0.3) is 67.3 Å².